The molecule has 0 aromatic carbocycles. The van der Waals surface area contributed by atoms with Gasteiger partial charge in [-0.25, -0.2) is 0 Å². The van der Waals surface area contributed by atoms with Gasteiger partial charge in [-0.05, 0) is 12.5 Å². The number of methoxy groups -OCH3 is 1. The SMILES string of the molecule is COCOC[C@](C)(/C=C/C[Si](C)(C)C)CCI. The van der Waals surface area contributed by atoms with Crippen LogP contribution in [0, 0.1) is 5.41 Å². The second-order valence-electron chi connectivity index (χ2n) is 6.02. The second kappa shape index (κ2) is 8.66. The third kappa shape index (κ3) is 10.2. The van der Waals surface area contributed by atoms with E-state index >= 15 is 0 Å². The fraction of sp³-hybridized carbons (Fsp3) is 0.846. The van der Waals surface area contributed by atoms with Crippen LogP contribution in [0.2, 0.25) is 25.7 Å². The van der Waals surface area contributed by atoms with Gasteiger partial charge in [0.25, 0.3) is 0 Å². The third-order valence-electron chi connectivity index (χ3n) is 2.55. The van der Waals surface area contributed by atoms with E-state index in [-0.39, 0.29) is 5.41 Å². The summed E-state index contributed by atoms with van der Waals surface area (Å²) in [6, 6.07) is 1.24. The zero-order valence-corrected chi connectivity index (χ0v) is 15.0. The van der Waals surface area contributed by atoms with Crippen LogP contribution in [0.15, 0.2) is 12.2 Å². The maximum Gasteiger partial charge on any atom is 0.146 e. The molecule has 17 heavy (non-hydrogen) atoms. The summed E-state index contributed by atoms with van der Waals surface area (Å²) in [5, 5.41) is 0. The summed E-state index contributed by atoms with van der Waals surface area (Å²) in [6.07, 6.45) is 5.85. The molecule has 0 saturated carbocycles. The minimum Gasteiger partial charge on any atom is -0.359 e. The van der Waals surface area contributed by atoms with Gasteiger partial charge in [-0.15, -0.1) is 0 Å². The average Bonchev–Trinajstić information content (AvgIpc) is 2.16. The van der Waals surface area contributed by atoms with Crippen molar-refractivity contribution in [3.05, 3.63) is 12.2 Å². The standard InChI is InChI=1S/C13H27IO2Si/c1-13(8-9-14,11-16-12-15-2)7-6-10-17(3,4)5/h6-7H,8-12H2,1-5H3/b7-6+/t13-/m1/s1. The van der Waals surface area contributed by atoms with E-state index in [4.69, 9.17) is 9.47 Å². The van der Waals surface area contributed by atoms with E-state index < -0.39 is 8.07 Å². The predicted molar refractivity (Wildman–Crippen MR) is 86.7 cm³/mol. The summed E-state index contributed by atoms with van der Waals surface area (Å²) < 4.78 is 11.6. The number of ether oxygens (including phenoxy) is 2. The first-order valence-corrected chi connectivity index (χ1v) is 11.4. The van der Waals surface area contributed by atoms with Crippen LogP contribution in [0.3, 0.4) is 0 Å². The lowest BCUT2D eigenvalue weighted by atomic mass is 9.88. The van der Waals surface area contributed by atoms with Gasteiger partial charge >= 0.3 is 0 Å². The molecular formula is C13H27IO2Si. The quantitative estimate of drug-likeness (QED) is 0.150. The fourth-order valence-electron chi connectivity index (χ4n) is 1.47. The van der Waals surface area contributed by atoms with Crippen LogP contribution in [-0.2, 0) is 9.47 Å². The van der Waals surface area contributed by atoms with E-state index in [0.717, 1.165) is 17.5 Å². The fourth-order valence-corrected chi connectivity index (χ4v) is 3.53. The van der Waals surface area contributed by atoms with Crippen molar-refractivity contribution in [3.8, 4) is 0 Å². The van der Waals surface area contributed by atoms with Crippen molar-refractivity contribution in [3.63, 3.8) is 0 Å². The zero-order chi connectivity index (χ0) is 13.4. The average molecular weight is 370 g/mol. The number of allylic oxidation sites excluding steroid dienone is 1. The topological polar surface area (TPSA) is 18.5 Å². The molecule has 0 aliphatic rings. The molecule has 0 unspecified atom stereocenters. The zero-order valence-electron chi connectivity index (χ0n) is 11.9. The van der Waals surface area contributed by atoms with Crippen LogP contribution in [0.1, 0.15) is 13.3 Å². The molecule has 0 rings (SSSR count). The molecule has 0 N–H and O–H groups in total. The Morgan fingerprint density at radius 2 is 1.94 bits per heavy atom. The minimum atomic E-state index is -0.972. The molecule has 0 bridgehead atoms. The lowest BCUT2D eigenvalue weighted by Gasteiger charge is -2.25. The van der Waals surface area contributed by atoms with Crippen molar-refractivity contribution in [1.29, 1.82) is 0 Å². The molecule has 0 spiro atoms. The molecule has 0 radical (unpaired) electrons. The Morgan fingerprint density at radius 1 is 1.29 bits per heavy atom. The van der Waals surface area contributed by atoms with Crippen molar-refractivity contribution < 1.29 is 9.47 Å². The number of hydrogen-bond acceptors (Lipinski definition) is 2. The van der Waals surface area contributed by atoms with Gasteiger partial charge in [-0.2, -0.15) is 0 Å². The number of hydrogen-bond donors (Lipinski definition) is 0. The molecule has 0 aliphatic carbocycles. The molecule has 0 fully saturated rings. The van der Waals surface area contributed by atoms with E-state index in [9.17, 15) is 0 Å². The van der Waals surface area contributed by atoms with E-state index in [0.29, 0.717) is 6.79 Å². The van der Waals surface area contributed by atoms with Gasteiger partial charge in [0.15, 0.2) is 0 Å². The Balaban J connectivity index is 4.28. The normalized spacial score (nSPS) is 16.4. The van der Waals surface area contributed by atoms with Gasteiger partial charge in [0.05, 0.1) is 6.61 Å². The molecule has 0 heterocycles. The summed E-state index contributed by atoms with van der Waals surface area (Å²) in [5.74, 6) is 0. The van der Waals surface area contributed by atoms with Crippen LogP contribution < -0.4 is 0 Å². The molecule has 0 amide bonds. The van der Waals surface area contributed by atoms with Crippen LogP contribution in [0.5, 0.6) is 0 Å². The maximum atomic E-state index is 5.52. The molecule has 0 aliphatic heterocycles. The first-order chi connectivity index (χ1) is 7.83. The maximum absolute atomic E-state index is 5.52. The lowest BCUT2D eigenvalue weighted by Crippen LogP contribution is -2.23. The van der Waals surface area contributed by atoms with Crippen molar-refractivity contribution in [2.24, 2.45) is 5.41 Å². The molecule has 4 heteroatoms. The minimum absolute atomic E-state index is 0.152. The van der Waals surface area contributed by atoms with E-state index in [1.54, 1.807) is 7.11 Å². The van der Waals surface area contributed by atoms with Crippen LogP contribution in [0.25, 0.3) is 0 Å². The van der Waals surface area contributed by atoms with Crippen molar-refractivity contribution in [2.75, 3.05) is 24.9 Å². The summed E-state index contributed by atoms with van der Waals surface area (Å²) in [5.41, 5.74) is 0.152. The molecule has 0 aromatic rings. The highest BCUT2D eigenvalue weighted by Gasteiger charge is 2.21. The largest absolute Gasteiger partial charge is 0.359 e. The number of alkyl halides is 1. The van der Waals surface area contributed by atoms with Crippen LogP contribution >= 0.6 is 22.6 Å². The van der Waals surface area contributed by atoms with Crippen LogP contribution in [0.4, 0.5) is 0 Å². The summed E-state index contributed by atoms with van der Waals surface area (Å²) >= 11 is 2.43. The highest BCUT2D eigenvalue weighted by Crippen LogP contribution is 2.26. The lowest BCUT2D eigenvalue weighted by molar-refractivity contribution is -0.0529. The first-order valence-electron chi connectivity index (χ1n) is 6.13. The second-order valence-corrected chi connectivity index (χ2v) is 12.6. The third-order valence-corrected chi connectivity index (χ3v) is 4.55. The van der Waals surface area contributed by atoms with Gasteiger partial charge < -0.3 is 9.47 Å². The Kier molecular flexibility index (Phi) is 8.97. The molecule has 102 valence electrons. The summed E-state index contributed by atoms with van der Waals surface area (Å²) in [4.78, 5) is 0. The van der Waals surface area contributed by atoms with Gasteiger partial charge in [-0.1, -0.05) is 61.3 Å². The highest BCUT2D eigenvalue weighted by atomic mass is 127. The van der Waals surface area contributed by atoms with E-state index in [1.807, 2.05) is 0 Å². The molecular weight excluding hydrogens is 343 g/mol. The van der Waals surface area contributed by atoms with Gasteiger partial charge in [0.1, 0.15) is 6.79 Å². The molecule has 2 nitrogen and oxygen atoms in total. The van der Waals surface area contributed by atoms with Gasteiger partial charge in [0.2, 0.25) is 0 Å². The van der Waals surface area contributed by atoms with Gasteiger partial charge in [-0.3, -0.25) is 0 Å². The molecule has 1 atom stereocenters. The Bertz CT molecular complexity index is 226. The summed E-state index contributed by atoms with van der Waals surface area (Å²) in [7, 11) is 0.691. The molecule has 0 saturated heterocycles. The highest BCUT2D eigenvalue weighted by molar-refractivity contribution is 14.1. The van der Waals surface area contributed by atoms with Crippen LogP contribution in [-0.4, -0.2) is 33.0 Å². The van der Waals surface area contributed by atoms with Crippen molar-refractivity contribution in [1.82, 2.24) is 0 Å². The first kappa shape index (κ1) is 17.6. The molecule has 0 aromatic heterocycles. The summed E-state index contributed by atoms with van der Waals surface area (Å²) in [6.45, 7) is 10.6. The Labute approximate surface area is 121 Å². The number of rotatable bonds is 9. The smallest absolute Gasteiger partial charge is 0.146 e. The van der Waals surface area contributed by atoms with E-state index in [2.05, 4.69) is 61.3 Å². The Morgan fingerprint density at radius 3 is 2.41 bits per heavy atom. The monoisotopic (exact) mass is 370 g/mol. The van der Waals surface area contributed by atoms with Crippen molar-refractivity contribution >= 4 is 30.7 Å². The Hall–Kier alpha value is 0.607. The number of halogens is 1. The van der Waals surface area contributed by atoms with E-state index in [1.165, 1.54) is 6.04 Å². The predicted octanol–water partition coefficient (Wildman–Crippen LogP) is 4.33. The van der Waals surface area contributed by atoms with Gasteiger partial charge in [0, 0.05) is 25.0 Å². The van der Waals surface area contributed by atoms with Crippen molar-refractivity contribution in [2.45, 2.75) is 39.0 Å².